The van der Waals surface area contributed by atoms with Crippen LogP contribution in [-0.2, 0) is 11.3 Å². The summed E-state index contributed by atoms with van der Waals surface area (Å²) in [5.41, 5.74) is 2.22. The van der Waals surface area contributed by atoms with Crippen molar-refractivity contribution in [3.63, 3.8) is 0 Å². The standard InChI is InChI=1S/C27H31ClN4O3/c1-16(2)29-25(34)15-32-26(19-4-3-5-21(28)10-19)30-24-7-6-18(11-23(24)27(32)35)20-8-17(9-20)12-31-13-22(33)14-31/h3-7,10-11,16-17,20,22,33H,8-9,12-15H2,1-2H3,(H,29,34)/t17-,20-. The lowest BCUT2D eigenvalue weighted by Gasteiger charge is -2.43. The minimum atomic E-state index is -0.236. The summed E-state index contributed by atoms with van der Waals surface area (Å²) in [5.74, 6) is 1.24. The molecule has 2 N–H and O–H groups in total. The predicted molar refractivity (Wildman–Crippen MR) is 138 cm³/mol. The third kappa shape index (κ3) is 5.13. The Kier molecular flexibility index (Phi) is 6.66. The summed E-state index contributed by atoms with van der Waals surface area (Å²) in [5, 5.41) is 13.4. The molecule has 0 unspecified atom stereocenters. The van der Waals surface area contributed by atoms with Gasteiger partial charge in [-0.2, -0.15) is 0 Å². The highest BCUT2D eigenvalue weighted by Crippen LogP contribution is 2.42. The molecular formula is C27H31ClN4O3. The van der Waals surface area contributed by atoms with E-state index in [1.165, 1.54) is 4.57 Å². The number of β-amino-alcohol motifs (C(OH)–C–C–N with tert-alkyl or cyclic N) is 1. The van der Waals surface area contributed by atoms with Crippen LogP contribution >= 0.6 is 11.6 Å². The fraction of sp³-hybridized carbons (Fsp3) is 0.444. The van der Waals surface area contributed by atoms with Gasteiger partial charge in [0.15, 0.2) is 0 Å². The van der Waals surface area contributed by atoms with Crippen LogP contribution in [0.1, 0.15) is 38.2 Å². The van der Waals surface area contributed by atoms with Crippen LogP contribution in [-0.4, -0.2) is 57.2 Å². The number of fused-ring (bicyclic) bond motifs is 1. The number of hydrogen-bond donors (Lipinski definition) is 2. The molecule has 35 heavy (non-hydrogen) atoms. The second kappa shape index (κ2) is 9.72. The maximum Gasteiger partial charge on any atom is 0.262 e. The van der Waals surface area contributed by atoms with Gasteiger partial charge in [-0.3, -0.25) is 19.1 Å². The van der Waals surface area contributed by atoms with Gasteiger partial charge in [-0.05, 0) is 68.4 Å². The van der Waals surface area contributed by atoms with Crippen molar-refractivity contribution in [2.75, 3.05) is 19.6 Å². The zero-order valence-corrected chi connectivity index (χ0v) is 20.8. The first-order valence-corrected chi connectivity index (χ1v) is 12.6. The van der Waals surface area contributed by atoms with Gasteiger partial charge < -0.3 is 10.4 Å². The topological polar surface area (TPSA) is 87.5 Å². The SMILES string of the molecule is CC(C)NC(=O)Cn1c(-c2cccc(Cl)c2)nc2ccc([C@H]3C[C@H](CN4CC(O)C4)C3)cc2c1=O. The predicted octanol–water partition coefficient (Wildman–Crippen LogP) is 3.41. The molecule has 3 aromatic rings. The van der Waals surface area contributed by atoms with Gasteiger partial charge in [0.25, 0.3) is 5.56 Å². The molecule has 1 amide bonds. The number of carbonyl (C=O) groups is 1. The lowest BCUT2D eigenvalue weighted by atomic mass is 9.71. The Balaban J connectivity index is 1.46. The Bertz CT molecular complexity index is 1310. The largest absolute Gasteiger partial charge is 0.390 e. The zero-order chi connectivity index (χ0) is 24.7. The van der Waals surface area contributed by atoms with Crippen molar-refractivity contribution >= 4 is 28.4 Å². The Morgan fingerprint density at radius 1 is 1.20 bits per heavy atom. The first-order chi connectivity index (χ1) is 16.8. The average molecular weight is 495 g/mol. The summed E-state index contributed by atoms with van der Waals surface area (Å²) in [7, 11) is 0. The van der Waals surface area contributed by atoms with E-state index in [0.717, 1.165) is 38.0 Å². The van der Waals surface area contributed by atoms with Crippen molar-refractivity contribution in [2.24, 2.45) is 5.92 Å². The molecule has 0 bridgehead atoms. The van der Waals surface area contributed by atoms with Gasteiger partial charge in [-0.1, -0.05) is 29.8 Å². The first-order valence-electron chi connectivity index (χ1n) is 12.3. The van der Waals surface area contributed by atoms with Crippen molar-refractivity contribution in [2.45, 2.75) is 51.3 Å². The van der Waals surface area contributed by atoms with Crippen LogP contribution in [0.3, 0.4) is 0 Å². The van der Waals surface area contributed by atoms with Gasteiger partial charge in [0.2, 0.25) is 5.91 Å². The lowest BCUT2D eigenvalue weighted by Crippen LogP contribution is -2.53. The van der Waals surface area contributed by atoms with Crippen LogP contribution < -0.4 is 10.9 Å². The van der Waals surface area contributed by atoms with Crippen LogP contribution in [0.25, 0.3) is 22.3 Å². The number of likely N-dealkylation sites (tertiary alicyclic amines) is 1. The number of carbonyl (C=O) groups excluding carboxylic acids is 1. The van der Waals surface area contributed by atoms with E-state index in [4.69, 9.17) is 16.6 Å². The summed E-state index contributed by atoms with van der Waals surface area (Å²) in [6, 6.07) is 13.1. The van der Waals surface area contributed by atoms with E-state index in [0.29, 0.717) is 39.1 Å². The van der Waals surface area contributed by atoms with Crippen molar-refractivity contribution in [1.82, 2.24) is 19.8 Å². The Hall–Kier alpha value is -2.74. The van der Waals surface area contributed by atoms with Gasteiger partial charge in [0, 0.05) is 36.3 Å². The normalized spacial score (nSPS) is 20.6. The molecule has 2 heterocycles. The fourth-order valence-electron chi connectivity index (χ4n) is 5.21. The van der Waals surface area contributed by atoms with E-state index in [9.17, 15) is 14.7 Å². The third-order valence-electron chi connectivity index (χ3n) is 6.97. The number of hydrogen-bond acceptors (Lipinski definition) is 5. The van der Waals surface area contributed by atoms with Crippen LogP contribution in [0, 0.1) is 5.92 Å². The summed E-state index contributed by atoms with van der Waals surface area (Å²) in [6.45, 7) is 6.25. The minimum Gasteiger partial charge on any atom is -0.390 e. The van der Waals surface area contributed by atoms with Crippen molar-refractivity contribution in [3.05, 3.63) is 63.4 Å². The van der Waals surface area contributed by atoms with E-state index in [2.05, 4.69) is 16.3 Å². The highest BCUT2D eigenvalue weighted by molar-refractivity contribution is 6.30. The smallest absolute Gasteiger partial charge is 0.262 e. The third-order valence-corrected chi connectivity index (χ3v) is 7.21. The van der Waals surface area contributed by atoms with Gasteiger partial charge in [0.1, 0.15) is 12.4 Å². The van der Waals surface area contributed by atoms with E-state index in [-0.39, 0.29) is 30.2 Å². The number of nitrogens with one attached hydrogen (secondary N) is 1. The number of rotatable bonds is 7. The fourth-order valence-corrected chi connectivity index (χ4v) is 5.40. The van der Waals surface area contributed by atoms with Crippen LogP contribution in [0.4, 0.5) is 0 Å². The molecule has 1 saturated carbocycles. The highest BCUT2D eigenvalue weighted by Gasteiger charge is 2.35. The van der Waals surface area contributed by atoms with E-state index >= 15 is 0 Å². The average Bonchev–Trinajstić information content (AvgIpc) is 2.75. The molecular weight excluding hydrogens is 464 g/mol. The Morgan fingerprint density at radius 2 is 1.97 bits per heavy atom. The maximum atomic E-state index is 13.7. The molecule has 2 fully saturated rings. The summed E-state index contributed by atoms with van der Waals surface area (Å²) >= 11 is 6.21. The van der Waals surface area contributed by atoms with E-state index < -0.39 is 0 Å². The number of benzene rings is 2. The zero-order valence-electron chi connectivity index (χ0n) is 20.1. The molecule has 2 aliphatic rings. The van der Waals surface area contributed by atoms with Crippen molar-refractivity contribution in [3.8, 4) is 11.4 Å². The van der Waals surface area contributed by atoms with Gasteiger partial charge in [-0.15, -0.1) is 0 Å². The summed E-state index contributed by atoms with van der Waals surface area (Å²) < 4.78 is 1.45. The molecule has 184 valence electrons. The molecule has 1 saturated heterocycles. The number of halogens is 1. The summed E-state index contributed by atoms with van der Waals surface area (Å²) in [4.78, 5) is 33.4. The molecule has 2 aromatic carbocycles. The van der Waals surface area contributed by atoms with Crippen LogP contribution in [0.2, 0.25) is 5.02 Å². The second-order valence-corrected chi connectivity index (χ2v) is 10.7. The van der Waals surface area contributed by atoms with Gasteiger partial charge >= 0.3 is 0 Å². The minimum absolute atomic E-state index is 0.0288. The quantitative estimate of drug-likeness (QED) is 0.525. The Morgan fingerprint density at radius 3 is 2.66 bits per heavy atom. The van der Waals surface area contributed by atoms with Crippen molar-refractivity contribution in [1.29, 1.82) is 0 Å². The lowest BCUT2D eigenvalue weighted by molar-refractivity contribution is -0.122. The Labute approximate surface area is 209 Å². The molecule has 0 spiro atoms. The number of aromatic nitrogens is 2. The number of nitrogens with zero attached hydrogens (tertiary/aromatic N) is 3. The van der Waals surface area contributed by atoms with E-state index in [1.807, 2.05) is 38.1 Å². The molecule has 1 aromatic heterocycles. The monoisotopic (exact) mass is 494 g/mol. The molecule has 0 radical (unpaired) electrons. The van der Waals surface area contributed by atoms with Gasteiger partial charge in [-0.25, -0.2) is 4.98 Å². The van der Waals surface area contributed by atoms with Gasteiger partial charge in [0.05, 0.1) is 17.0 Å². The van der Waals surface area contributed by atoms with Crippen LogP contribution in [0.5, 0.6) is 0 Å². The molecule has 0 atom stereocenters. The molecule has 1 aliphatic heterocycles. The first kappa shape index (κ1) is 24.0. The van der Waals surface area contributed by atoms with Crippen LogP contribution in [0.15, 0.2) is 47.3 Å². The van der Waals surface area contributed by atoms with Crippen molar-refractivity contribution < 1.29 is 9.90 Å². The molecule has 5 rings (SSSR count). The van der Waals surface area contributed by atoms with E-state index in [1.54, 1.807) is 12.1 Å². The summed E-state index contributed by atoms with van der Waals surface area (Å²) in [6.07, 6.45) is 1.99. The molecule has 1 aliphatic carbocycles. The molecule has 8 heteroatoms. The number of aliphatic hydroxyl groups is 1. The maximum absolute atomic E-state index is 13.7. The highest BCUT2D eigenvalue weighted by atomic mass is 35.5. The molecule has 7 nitrogen and oxygen atoms in total. The number of amides is 1. The second-order valence-electron chi connectivity index (χ2n) is 10.2. The number of aliphatic hydroxyl groups excluding tert-OH is 1.